The van der Waals surface area contributed by atoms with Crippen molar-refractivity contribution in [3.05, 3.63) is 88.7 Å². The second kappa shape index (κ2) is 10.1. The molecule has 4 atom stereocenters. The van der Waals surface area contributed by atoms with E-state index >= 15 is 4.39 Å². The average molecular weight is 548 g/mol. The van der Waals surface area contributed by atoms with E-state index in [4.69, 9.17) is 0 Å². The molecule has 0 spiro atoms. The Bertz CT molecular complexity index is 1490. The van der Waals surface area contributed by atoms with Gasteiger partial charge >= 0.3 is 5.97 Å². The van der Waals surface area contributed by atoms with Crippen LogP contribution in [0, 0.1) is 42.7 Å². The van der Waals surface area contributed by atoms with Crippen LogP contribution in [0.2, 0.25) is 0 Å². The monoisotopic (exact) mass is 547 g/mol. The molecule has 1 saturated carbocycles. The van der Waals surface area contributed by atoms with Crippen LogP contribution < -0.4 is 5.32 Å². The predicted molar refractivity (Wildman–Crippen MR) is 144 cm³/mol. The summed E-state index contributed by atoms with van der Waals surface area (Å²) in [6.45, 7) is 8.08. The number of nitrogens with one attached hydrogen (secondary N) is 1. The first kappa shape index (κ1) is 27.4. The van der Waals surface area contributed by atoms with Gasteiger partial charge in [-0.05, 0) is 77.6 Å². The third-order valence-corrected chi connectivity index (χ3v) is 8.52. The van der Waals surface area contributed by atoms with Gasteiger partial charge in [0.1, 0.15) is 11.7 Å². The van der Waals surface area contributed by atoms with Crippen molar-refractivity contribution in [2.45, 2.75) is 46.2 Å². The number of carbonyl (C=O) groups excluding carboxylic acids is 2. The molecule has 2 aliphatic rings. The lowest BCUT2D eigenvalue weighted by molar-refractivity contribution is -0.138. The number of likely N-dealkylation sites (tertiary alicyclic amines) is 1. The van der Waals surface area contributed by atoms with Crippen LogP contribution in [0.15, 0.2) is 54.7 Å². The van der Waals surface area contributed by atoms with Crippen LogP contribution in [-0.2, 0) is 9.59 Å². The highest BCUT2D eigenvalue weighted by molar-refractivity contribution is 5.97. The lowest BCUT2D eigenvalue weighted by Gasteiger charge is -2.31. The van der Waals surface area contributed by atoms with Gasteiger partial charge in [-0.1, -0.05) is 38.1 Å². The average Bonchev–Trinajstić information content (AvgIpc) is 3.22. The molecular formula is C31H31F2N3O4. The first-order valence-electron chi connectivity index (χ1n) is 13.2. The predicted octanol–water partition coefficient (Wildman–Crippen LogP) is 5.07. The lowest BCUT2D eigenvalue weighted by atomic mass is 9.92. The SMILES string of the molecule is Cc1cccc(C)c1-c1cc(F)c(F)c([C@H](CC(=O)O)NC(=O)[C@@H]2[C@@H]3C(CN2C(=O)c2ccccn2)C3(C)C)c1. The molecule has 0 bridgehead atoms. The summed E-state index contributed by atoms with van der Waals surface area (Å²) in [4.78, 5) is 44.5. The summed E-state index contributed by atoms with van der Waals surface area (Å²) in [6, 6.07) is 10.7. The van der Waals surface area contributed by atoms with Gasteiger partial charge in [0.05, 0.1) is 12.5 Å². The van der Waals surface area contributed by atoms with Crippen molar-refractivity contribution < 1.29 is 28.3 Å². The lowest BCUT2D eigenvalue weighted by Crippen LogP contribution is -2.51. The molecule has 2 heterocycles. The number of carboxylic acid groups (broad SMARTS) is 1. The molecule has 7 nitrogen and oxygen atoms in total. The Morgan fingerprint density at radius 2 is 1.80 bits per heavy atom. The fraction of sp³-hybridized carbons (Fsp3) is 0.355. The summed E-state index contributed by atoms with van der Waals surface area (Å²) >= 11 is 0. The van der Waals surface area contributed by atoms with Crippen molar-refractivity contribution in [2.24, 2.45) is 17.3 Å². The maximum Gasteiger partial charge on any atom is 0.305 e. The molecule has 2 amide bonds. The van der Waals surface area contributed by atoms with Gasteiger partial charge in [-0.25, -0.2) is 8.78 Å². The van der Waals surface area contributed by atoms with Crippen LogP contribution >= 0.6 is 0 Å². The smallest absolute Gasteiger partial charge is 0.305 e. The Balaban J connectivity index is 1.51. The van der Waals surface area contributed by atoms with E-state index in [1.54, 1.807) is 18.2 Å². The summed E-state index contributed by atoms with van der Waals surface area (Å²) in [5.41, 5.74) is 2.49. The standard InChI is InChI=1S/C31H31F2N3O4/c1-16-8-7-9-17(2)25(16)18-12-19(27(33)21(32)13-18)23(14-24(37)38)35-29(39)28-26-20(31(26,3)4)15-36(28)30(40)22-10-5-6-11-34-22/h5-13,20,23,26,28H,14-15H2,1-4H3,(H,35,39)(H,37,38)/t20?,23-,26-,28-/m0/s1. The number of nitrogens with zero attached hydrogens (tertiary/aromatic N) is 2. The van der Waals surface area contributed by atoms with E-state index in [0.717, 1.165) is 17.2 Å². The molecule has 5 rings (SSSR count). The molecule has 2 N–H and O–H groups in total. The second-order valence-electron chi connectivity index (χ2n) is 11.4. The van der Waals surface area contributed by atoms with Crippen LogP contribution in [0.4, 0.5) is 8.78 Å². The molecule has 1 aliphatic carbocycles. The zero-order chi connectivity index (χ0) is 28.9. The zero-order valence-electron chi connectivity index (χ0n) is 22.7. The van der Waals surface area contributed by atoms with E-state index < -0.39 is 47.9 Å². The number of hydrogen-bond acceptors (Lipinski definition) is 4. The summed E-state index contributed by atoms with van der Waals surface area (Å²) in [5, 5.41) is 12.3. The number of carboxylic acids is 1. The number of halogens is 2. The molecule has 3 aromatic rings. The van der Waals surface area contributed by atoms with Crippen molar-refractivity contribution >= 4 is 17.8 Å². The van der Waals surface area contributed by atoms with Gasteiger partial charge in [0.2, 0.25) is 5.91 Å². The molecule has 1 saturated heterocycles. The summed E-state index contributed by atoms with van der Waals surface area (Å²) in [7, 11) is 0. The van der Waals surface area contributed by atoms with Crippen molar-refractivity contribution in [2.75, 3.05) is 6.54 Å². The van der Waals surface area contributed by atoms with Gasteiger partial charge in [0.15, 0.2) is 11.6 Å². The first-order chi connectivity index (χ1) is 18.9. The van der Waals surface area contributed by atoms with Gasteiger partial charge in [-0.3, -0.25) is 19.4 Å². The number of aryl methyl sites for hydroxylation is 2. The number of carbonyl (C=O) groups is 3. The zero-order valence-corrected chi connectivity index (χ0v) is 22.7. The molecule has 2 aromatic carbocycles. The molecule has 40 heavy (non-hydrogen) atoms. The number of aromatic nitrogens is 1. The van der Waals surface area contributed by atoms with Crippen LogP contribution in [0.1, 0.15) is 53.5 Å². The van der Waals surface area contributed by atoms with Crippen LogP contribution in [-0.4, -0.2) is 45.4 Å². The first-order valence-corrected chi connectivity index (χ1v) is 13.2. The fourth-order valence-corrected chi connectivity index (χ4v) is 6.38. The van der Waals surface area contributed by atoms with Gasteiger partial charge in [-0.15, -0.1) is 0 Å². The number of benzene rings is 2. The van der Waals surface area contributed by atoms with Crippen molar-refractivity contribution in [1.29, 1.82) is 0 Å². The minimum Gasteiger partial charge on any atom is -0.481 e. The Morgan fingerprint density at radius 1 is 1.10 bits per heavy atom. The van der Waals surface area contributed by atoms with Crippen molar-refractivity contribution in [3.8, 4) is 11.1 Å². The number of aliphatic carboxylic acids is 1. The van der Waals surface area contributed by atoms with Crippen molar-refractivity contribution in [3.63, 3.8) is 0 Å². The number of rotatable bonds is 7. The number of hydrogen-bond donors (Lipinski definition) is 2. The highest BCUT2D eigenvalue weighted by Crippen LogP contribution is 2.65. The topological polar surface area (TPSA) is 99.6 Å². The fourth-order valence-electron chi connectivity index (χ4n) is 6.38. The second-order valence-corrected chi connectivity index (χ2v) is 11.4. The molecule has 9 heteroatoms. The molecule has 0 radical (unpaired) electrons. The maximum absolute atomic E-state index is 15.3. The van der Waals surface area contributed by atoms with Crippen LogP contribution in [0.25, 0.3) is 11.1 Å². The number of fused-ring (bicyclic) bond motifs is 1. The highest BCUT2D eigenvalue weighted by Gasteiger charge is 2.69. The molecule has 1 unspecified atom stereocenters. The Labute approximate surface area is 231 Å². The number of piperidine rings is 1. The van der Waals surface area contributed by atoms with Crippen molar-refractivity contribution in [1.82, 2.24) is 15.2 Å². The Hall–Kier alpha value is -4.14. The normalized spacial score (nSPS) is 21.4. The van der Waals surface area contributed by atoms with Crippen LogP contribution in [0.5, 0.6) is 0 Å². The number of amides is 2. The van der Waals surface area contributed by atoms with E-state index in [2.05, 4.69) is 10.3 Å². The summed E-state index contributed by atoms with van der Waals surface area (Å²) in [5.74, 6) is -4.75. The van der Waals surface area contributed by atoms with Gasteiger partial charge in [0, 0.05) is 18.3 Å². The van der Waals surface area contributed by atoms with E-state index in [1.807, 2.05) is 45.9 Å². The molecule has 2 fully saturated rings. The molecule has 1 aromatic heterocycles. The minimum absolute atomic E-state index is 0.0791. The van der Waals surface area contributed by atoms with Crippen LogP contribution in [0.3, 0.4) is 0 Å². The van der Waals surface area contributed by atoms with Gasteiger partial charge in [-0.2, -0.15) is 0 Å². The van der Waals surface area contributed by atoms with Gasteiger partial charge < -0.3 is 15.3 Å². The summed E-state index contributed by atoms with van der Waals surface area (Å²) < 4.78 is 30.2. The van der Waals surface area contributed by atoms with E-state index in [9.17, 15) is 23.9 Å². The van der Waals surface area contributed by atoms with Gasteiger partial charge in [0.25, 0.3) is 5.91 Å². The molecule has 208 valence electrons. The highest BCUT2D eigenvalue weighted by atomic mass is 19.2. The van der Waals surface area contributed by atoms with E-state index in [1.165, 1.54) is 17.2 Å². The maximum atomic E-state index is 15.3. The molecule has 1 aliphatic heterocycles. The quantitative estimate of drug-likeness (QED) is 0.430. The minimum atomic E-state index is -1.36. The van der Waals surface area contributed by atoms with E-state index in [0.29, 0.717) is 17.7 Å². The number of pyridine rings is 1. The Kier molecular flexibility index (Phi) is 6.94. The third kappa shape index (κ3) is 4.74. The van der Waals surface area contributed by atoms with E-state index in [-0.39, 0.29) is 28.5 Å². The third-order valence-electron chi connectivity index (χ3n) is 8.52. The molecular weight excluding hydrogens is 516 g/mol. The largest absolute Gasteiger partial charge is 0.481 e. The Morgan fingerprint density at radius 3 is 2.42 bits per heavy atom. The summed E-state index contributed by atoms with van der Waals surface area (Å²) in [6.07, 6.45) is 0.823.